The fourth-order valence-corrected chi connectivity index (χ4v) is 4.59. The van der Waals surface area contributed by atoms with Crippen molar-refractivity contribution in [3.8, 4) is 0 Å². The minimum Gasteiger partial charge on any atom is -0.289 e. The molecule has 1 aliphatic heterocycles. The van der Waals surface area contributed by atoms with Gasteiger partial charge in [-0.15, -0.1) is 0 Å². The molecule has 1 fully saturated rings. The van der Waals surface area contributed by atoms with E-state index in [0.717, 1.165) is 19.3 Å². The number of hydroxylamine groups is 1. The lowest BCUT2D eigenvalue weighted by molar-refractivity contribution is -0.129. The summed E-state index contributed by atoms with van der Waals surface area (Å²) < 4.78 is 26.6. The van der Waals surface area contributed by atoms with Crippen molar-refractivity contribution in [3.05, 3.63) is 29.3 Å². The number of sulfonamides is 1. The summed E-state index contributed by atoms with van der Waals surface area (Å²) in [4.78, 5) is 11.2. The second-order valence-corrected chi connectivity index (χ2v) is 8.11. The lowest BCUT2D eigenvalue weighted by Gasteiger charge is -2.31. The second-order valence-electron chi connectivity index (χ2n) is 5.73. The van der Waals surface area contributed by atoms with E-state index in [-0.39, 0.29) is 17.2 Å². The fourth-order valence-electron chi connectivity index (χ4n) is 2.82. The summed E-state index contributed by atoms with van der Waals surface area (Å²) in [5, 5.41) is 8.85. The Morgan fingerprint density at radius 2 is 2.04 bits per heavy atom. The Morgan fingerprint density at radius 1 is 1.35 bits per heavy atom. The van der Waals surface area contributed by atoms with E-state index in [1.165, 1.54) is 10.4 Å². The van der Waals surface area contributed by atoms with Crippen molar-refractivity contribution in [1.29, 1.82) is 0 Å². The molecule has 23 heavy (non-hydrogen) atoms. The van der Waals surface area contributed by atoms with Crippen LogP contribution in [-0.2, 0) is 14.8 Å². The van der Waals surface area contributed by atoms with E-state index in [2.05, 4.69) is 0 Å². The van der Waals surface area contributed by atoms with Crippen molar-refractivity contribution in [1.82, 2.24) is 9.79 Å². The van der Waals surface area contributed by atoms with E-state index in [0.29, 0.717) is 30.5 Å². The van der Waals surface area contributed by atoms with Crippen molar-refractivity contribution in [2.45, 2.75) is 37.0 Å². The highest BCUT2D eigenvalue weighted by Gasteiger charge is 2.29. The maximum absolute atomic E-state index is 12.6. The van der Waals surface area contributed by atoms with Crippen molar-refractivity contribution in [2.24, 2.45) is 5.92 Å². The monoisotopic (exact) mass is 360 g/mol. The number of rotatable bonds is 6. The zero-order valence-corrected chi connectivity index (χ0v) is 14.3. The van der Waals surface area contributed by atoms with Crippen LogP contribution in [0.3, 0.4) is 0 Å². The Labute approximate surface area is 141 Å². The first-order valence-corrected chi connectivity index (χ1v) is 9.44. The van der Waals surface area contributed by atoms with Gasteiger partial charge in [0.25, 0.3) is 0 Å². The molecule has 8 heteroatoms. The molecular weight excluding hydrogens is 340 g/mol. The number of hydrogen-bond acceptors (Lipinski definition) is 4. The molecule has 128 valence electrons. The van der Waals surface area contributed by atoms with Crippen molar-refractivity contribution in [3.63, 3.8) is 0 Å². The lowest BCUT2D eigenvalue weighted by atomic mass is 9.92. The van der Waals surface area contributed by atoms with E-state index in [4.69, 9.17) is 16.8 Å². The third-order valence-corrected chi connectivity index (χ3v) is 6.28. The van der Waals surface area contributed by atoms with Gasteiger partial charge >= 0.3 is 0 Å². The Bertz CT molecular complexity index is 643. The first-order valence-electron chi connectivity index (χ1n) is 7.62. The Kier molecular flexibility index (Phi) is 6.41. The zero-order valence-electron chi connectivity index (χ0n) is 12.7. The Balaban J connectivity index is 1.87. The third kappa shape index (κ3) is 4.91. The van der Waals surface area contributed by atoms with E-state index in [1.807, 2.05) is 0 Å². The standard InChI is InChI=1S/C15H21ClN2O4S/c16-13-4-2-5-14(11-13)23(21,22)18-9-7-12(8-10-18)3-1-6-15(19)17-20/h2,4-5,11-12,20H,1,3,6-10H2,(H,17,19). The molecule has 0 radical (unpaired) electrons. The predicted octanol–water partition coefficient (Wildman–Crippen LogP) is 2.42. The first-order chi connectivity index (χ1) is 10.9. The van der Waals surface area contributed by atoms with Crippen LogP contribution in [0.5, 0.6) is 0 Å². The molecule has 0 saturated carbocycles. The number of carbonyl (C=O) groups is 1. The first kappa shape index (κ1) is 18.2. The minimum atomic E-state index is -3.49. The summed E-state index contributed by atoms with van der Waals surface area (Å²) in [6.07, 6.45) is 3.40. The number of hydrogen-bond donors (Lipinski definition) is 2. The number of benzene rings is 1. The van der Waals surface area contributed by atoms with Gasteiger partial charge in [0, 0.05) is 24.5 Å². The molecule has 1 amide bonds. The highest BCUT2D eigenvalue weighted by molar-refractivity contribution is 7.89. The molecule has 1 saturated heterocycles. The van der Waals surface area contributed by atoms with Crippen LogP contribution < -0.4 is 5.48 Å². The van der Waals surface area contributed by atoms with Crippen molar-refractivity contribution < 1.29 is 18.4 Å². The number of amides is 1. The zero-order chi connectivity index (χ0) is 16.9. The average Bonchev–Trinajstić information content (AvgIpc) is 2.55. The molecule has 2 rings (SSSR count). The number of carbonyl (C=O) groups excluding carboxylic acids is 1. The Morgan fingerprint density at radius 3 is 2.65 bits per heavy atom. The van der Waals surface area contributed by atoms with Gasteiger partial charge in [-0.25, -0.2) is 13.9 Å². The van der Waals surface area contributed by atoms with Crippen LogP contribution in [0.15, 0.2) is 29.2 Å². The van der Waals surface area contributed by atoms with Gasteiger partial charge in [0.1, 0.15) is 0 Å². The molecule has 0 aliphatic carbocycles. The van der Waals surface area contributed by atoms with Crippen molar-refractivity contribution in [2.75, 3.05) is 13.1 Å². The SMILES string of the molecule is O=C(CCCC1CCN(S(=O)(=O)c2cccc(Cl)c2)CC1)NO. The van der Waals surface area contributed by atoms with Gasteiger partial charge in [-0.3, -0.25) is 10.0 Å². The van der Waals surface area contributed by atoms with Gasteiger partial charge in [-0.05, 0) is 49.8 Å². The number of halogens is 1. The maximum Gasteiger partial charge on any atom is 0.243 e. The number of piperidine rings is 1. The summed E-state index contributed by atoms with van der Waals surface area (Å²) in [6, 6.07) is 6.31. The molecule has 0 aromatic heterocycles. The molecule has 1 heterocycles. The van der Waals surface area contributed by atoms with E-state index < -0.39 is 10.0 Å². The predicted molar refractivity (Wildman–Crippen MR) is 86.7 cm³/mol. The molecule has 6 nitrogen and oxygen atoms in total. The number of nitrogens with zero attached hydrogens (tertiary/aromatic N) is 1. The summed E-state index contributed by atoms with van der Waals surface area (Å²) in [5.74, 6) is 0.0262. The van der Waals surface area contributed by atoms with Crippen LogP contribution in [0.25, 0.3) is 0 Å². The minimum absolute atomic E-state index is 0.225. The number of nitrogens with one attached hydrogen (secondary N) is 1. The summed E-state index contributed by atoms with van der Waals surface area (Å²) in [7, 11) is -3.49. The Hall–Kier alpha value is -1.15. The molecule has 0 atom stereocenters. The van der Waals surface area contributed by atoms with Crippen LogP contribution in [-0.4, -0.2) is 36.9 Å². The van der Waals surface area contributed by atoms with Crippen LogP contribution in [0.4, 0.5) is 0 Å². The third-order valence-electron chi connectivity index (χ3n) is 4.15. The quantitative estimate of drug-likeness (QED) is 0.602. The molecule has 1 aromatic carbocycles. The van der Waals surface area contributed by atoms with Crippen LogP contribution >= 0.6 is 11.6 Å². The molecular formula is C15H21ClN2O4S. The van der Waals surface area contributed by atoms with Crippen molar-refractivity contribution >= 4 is 27.5 Å². The van der Waals surface area contributed by atoms with Crippen LogP contribution in [0, 0.1) is 5.92 Å². The van der Waals surface area contributed by atoms with Gasteiger partial charge in [-0.1, -0.05) is 17.7 Å². The van der Waals surface area contributed by atoms with Crippen LogP contribution in [0.2, 0.25) is 5.02 Å². The molecule has 0 bridgehead atoms. The van der Waals surface area contributed by atoms with Gasteiger partial charge in [0.2, 0.25) is 15.9 Å². The highest BCUT2D eigenvalue weighted by atomic mass is 35.5. The molecule has 1 aromatic rings. The van der Waals surface area contributed by atoms with Crippen LogP contribution in [0.1, 0.15) is 32.1 Å². The normalized spacial score (nSPS) is 17.1. The van der Waals surface area contributed by atoms with E-state index in [1.54, 1.807) is 23.7 Å². The second kappa shape index (κ2) is 8.10. The molecule has 0 spiro atoms. The highest BCUT2D eigenvalue weighted by Crippen LogP contribution is 2.27. The van der Waals surface area contributed by atoms with E-state index >= 15 is 0 Å². The lowest BCUT2D eigenvalue weighted by Crippen LogP contribution is -2.38. The summed E-state index contributed by atoms with van der Waals surface area (Å²) in [5.41, 5.74) is 1.62. The summed E-state index contributed by atoms with van der Waals surface area (Å²) >= 11 is 5.87. The van der Waals surface area contributed by atoms with Gasteiger partial charge < -0.3 is 0 Å². The van der Waals surface area contributed by atoms with Gasteiger partial charge in [0.15, 0.2) is 0 Å². The summed E-state index contributed by atoms with van der Waals surface area (Å²) in [6.45, 7) is 0.956. The largest absolute Gasteiger partial charge is 0.289 e. The van der Waals surface area contributed by atoms with Gasteiger partial charge in [-0.2, -0.15) is 4.31 Å². The maximum atomic E-state index is 12.6. The van der Waals surface area contributed by atoms with E-state index in [9.17, 15) is 13.2 Å². The fraction of sp³-hybridized carbons (Fsp3) is 0.533. The smallest absolute Gasteiger partial charge is 0.243 e. The molecule has 1 aliphatic rings. The average molecular weight is 361 g/mol. The molecule has 2 N–H and O–H groups in total. The molecule has 0 unspecified atom stereocenters. The topological polar surface area (TPSA) is 86.7 Å². The van der Waals surface area contributed by atoms with Gasteiger partial charge in [0.05, 0.1) is 4.90 Å².